The second-order valence-corrected chi connectivity index (χ2v) is 3.11. The summed E-state index contributed by atoms with van der Waals surface area (Å²) in [5.41, 5.74) is 6.58. The maximum atomic E-state index is 5.50. The van der Waals surface area contributed by atoms with Crippen molar-refractivity contribution in [1.82, 2.24) is 14.5 Å². The minimum atomic E-state index is 0.561. The van der Waals surface area contributed by atoms with Gasteiger partial charge in [-0.3, -0.25) is 4.98 Å². The van der Waals surface area contributed by atoms with Crippen LogP contribution < -0.4 is 5.73 Å². The first kappa shape index (κ1) is 8.74. The molecule has 2 rings (SSSR count). The summed E-state index contributed by atoms with van der Waals surface area (Å²) in [5.74, 6) is 0.561. The predicted molar refractivity (Wildman–Crippen MR) is 54.6 cm³/mol. The number of nitrogen functional groups attached to an aromatic ring is 1. The van der Waals surface area contributed by atoms with Crippen LogP contribution >= 0.6 is 0 Å². The van der Waals surface area contributed by atoms with Gasteiger partial charge in [0.25, 0.3) is 0 Å². The normalized spacial score (nSPS) is 10.3. The first-order chi connectivity index (χ1) is 6.84. The molecule has 0 unspecified atom stereocenters. The number of hydrogen-bond acceptors (Lipinski definition) is 3. The molecule has 2 aromatic rings. The van der Waals surface area contributed by atoms with Gasteiger partial charge in [0.15, 0.2) is 0 Å². The van der Waals surface area contributed by atoms with Crippen molar-refractivity contribution in [2.45, 2.75) is 13.0 Å². The third-order valence-corrected chi connectivity index (χ3v) is 2.01. The van der Waals surface area contributed by atoms with Crippen LogP contribution in [-0.4, -0.2) is 14.5 Å². The molecule has 0 aromatic carbocycles. The number of aromatic nitrogens is 3. The van der Waals surface area contributed by atoms with Crippen LogP contribution in [-0.2, 0) is 13.0 Å². The Morgan fingerprint density at radius 3 is 2.86 bits per heavy atom. The zero-order valence-corrected chi connectivity index (χ0v) is 7.80. The van der Waals surface area contributed by atoms with E-state index in [4.69, 9.17) is 5.73 Å². The average molecular weight is 188 g/mol. The third kappa shape index (κ3) is 2.10. The Balaban J connectivity index is 1.95. The Kier molecular flexibility index (Phi) is 2.44. The molecule has 2 N–H and O–H groups in total. The number of nitrogens with zero attached hydrogens (tertiary/aromatic N) is 3. The number of anilines is 1. The summed E-state index contributed by atoms with van der Waals surface area (Å²) in [6.45, 7) is 0.862. The van der Waals surface area contributed by atoms with Crippen LogP contribution in [0.2, 0.25) is 0 Å². The molecule has 0 atom stereocenters. The Labute approximate surface area is 82.4 Å². The molecule has 4 nitrogen and oxygen atoms in total. The number of nitrogens with two attached hydrogens (primary N) is 1. The quantitative estimate of drug-likeness (QED) is 0.784. The summed E-state index contributed by atoms with van der Waals surface area (Å²) >= 11 is 0. The zero-order chi connectivity index (χ0) is 9.80. The van der Waals surface area contributed by atoms with Gasteiger partial charge in [0.1, 0.15) is 5.82 Å². The van der Waals surface area contributed by atoms with Crippen LogP contribution in [0.5, 0.6) is 0 Å². The van der Waals surface area contributed by atoms with Crippen LogP contribution in [0.15, 0.2) is 36.9 Å². The minimum Gasteiger partial charge on any atom is -0.382 e. The molecule has 4 heteroatoms. The predicted octanol–water partition coefficient (Wildman–Crippen LogP) is 1.10. The highest BCUT2D eigenvalue weighted by molar-refractivity contribution is 5.22. The molecule has 0 aliphatic heterocycles. The van der Waals surface area contributed by atoms with E-state index in [2.05, 4.69) is 9.97 Å². The zero-order valence-electron chi connectivity index (χ0n) is 7.80. The highest BCUT2D eigenvalue weighted by atomic mass is 15.1. The van der Waals surface area contributed by atoms with Gasteiger partial charge in [0.05, 0.1) is 6.33 Å². The van der Waals surface area contributed by atoms with Crippen LogP contribution in [0.3, 0.4) is 0 Å². The molecule has 0 aliphatic carbocycles. The third-order valence-electron chi connectivity index (χ3n) is 2.01. The molecule has 72 valence electrons. The number of aryl methyl sites for hydroxylation is 2. The fourth-order valence-corrected chi connectivity index (χ4v) is 1.29. The molecule has 0 fully saturated rings. The molecule has 2 aromatic heterocycles. The fraction of sp³-hybridized carbons (Fsp3) is 0.200. The van der Waals surface area contributed by atoms with E-state index in [-0.39, 0.29) is 0 Å². The molecular formula is C10H12N4. The van der Waals surface area contributed by atoms with Crippen molar-refractivity contribution < 1.29 is 0 Å². The maximum Gasteiger partial charge on any atom is 0.141 e. The highest BCUT2D eigenvalue weighted by Crippen LogP contribution is 2.00. The molecular weight excluding hydrogens is 176 g/mol. The summed E-state index contributed by atoms with van der Waals surface area (Å²) in [4.78, 5) is 8.18. The lowest BCUT2D eigenvalue weighted by Crippen LogP contribution is -1.99. The van der Waals surface area contributed by atoms with Crippen molar-refractivity contribution in [3.63, 3.8) is 0 Å². The molecule has 0 bridgehead atoms. The second kappa shape index (κ2) is 3.91. The molecule has 0 saturated heterocycles. The Morgan fingerprint density at radius 2 is 2.21 bits per heavy atom. The topological polar surface area (TPSA) is 56.7 Å². The van der Waals surface area contributed by atoms with Gasteiger partial charge in [0.2, 0.25) is 0 Å². The molecule has 0 spiro atoms. The lowest BCUT2D eigenvalue weighted by atomic mass is 10.3. The van der Waals surface area contributed by atoms with E-state index in [0.29, 0.717) is 5.82 Å². The smallest absolute Gasteiger partial charge is 0.141 e. The van der Waals surface area contributed by atoms with Gasteiger partial charge in [-0.25, -0.2) is 4.98 Å². The van der Waals surface area contributed by atoms with Crippen molar-refractivity contribution in [1.29, 1.82) is 0 Å². The van der Waals surface area contributed by atoms with E-state index in [0.717, 1.165) is 18.7 Å². The minimum absolute atomic E-state index is 0.561. The van der Waals surface area contributed by atoms with Crippen molar-refractivity contribution in [3.05, 3.63) is 42.6 Å². The van der Waals surface area contributed by atoms with Gasteiger partial charge in [-0.15, -0.1) is 0 Å². The lowest BCUT2D eigenvalue weighted by molar-refractivity contribution is 0.685. The van der Waals surface area contributed by atoms with E-state index in [1.54, 1.807) is 12.5 Å². The molecule has 14 heavy (non-hydrogen) atoms. The summed E-state index contributed by atoms with van der Waals surface area (Å²) in [7, 11) is 0. The van der Waals surface area contributed by atoms with Crippen LogP contribution in [0.1, 0.15) is 5.69 Å². The average Bonchev–Trinajstić information content (AvgIpc) is 2.63. The molecule has 0 aliphatic rings. The van der Waals surface area contributed by atoms with Crippen molar-refractivity contribution >= 4 is 5.82 Å². The Bertz CT molecular complexity index is 394. The lowest BCUT2D eigenvalue weighted by Gasteiger charge is -2.00. The summed E-state index contributed by atoms with van der Waals surface area (Å²) in [6, 6.07) is 5.92. The van der Waals surface area contributed by atoms with Gasteiger partial charge >= 0.3 is 0 Å². The van der Waals surface area contributed by atoms with Crippen molar-refractivity contribution in [2.75, 3.05) is 5.73 Å². The molecule has 2 heterocycles. The number of hydrogen-bond donors (Lipinski definition) is 1. The largest absolute Gasteiger partial charge is 0.382 e. The highest BCUT2D eigenvalue weighted by Gasteiger charge is 1.96. The van der Waals surface area contributed by atoms with Crippen LogP contribution in [0, 0.1) is 0 Å². The van der Waals surface area contributed by atoms with E-state index in [1.165, 1.54) is 0 Å². The number of imidazole rings is 1. The summed E-state index contributed by atoms with van der Waals surface area (Å²) in [5, 5.41) is 0. The number of pyridine rings is 1. The van der Waals surface area contributed by atoms with Gasteiger partial charge in [-0.1, -0.05) is 6.07 Å². The second-order valence-electron chi connectivity index (χ2n) is 3.11. The van der Waals surface area contributed by atoms with Gasteiger partial charge in [-0.2, -0.15) is 0 Å². The van der Waals surface area contributed by atoms with Crippen LogP contribution in [0.25, 0.3) is 0 Å². The van der Waals surface area contributed by atoms with E-state index in [9.17, 15) is 0 Å². The summed E-state index contributed by atoms with van der Waals surface area (Å²) in [6.07, 6.45) is 6.26. The first-order valence-corrected chi connectivity index (χ1v) is 4.52. The Hall–Kier alpha value is -1.84. The van der Waals surface area contributed by atoms with E-state index in [1.807, 2.05) is 29.0 Å². The van der Waals surface area contributed by atoms with Gasteiger partial charge in [0, 0.05) is 31.1 Å². The van der Waals surface area contributed by atoms with Gasteiger partial charge in [-0.05, 0) is 12.1 Å². The molecule has 0 radical (unpaired) electrons. The van der Waals surface area contributed by atoms with E-state index >= 15 is 0 Å². The molecule has 0 saturated carbocycles. The van der Waals surface area contributed by atoms with Crippen LogP contribution in [0.4, 0.5) is 5.82 Å². The molecule has 0 amide bonds. The van der Waals surface area contributed by atoms with Crippen molar-refractivity contribution in [2.24, 2.45) is 0 Å². The van der Waals surface area contributed by atoms with E-state index < -0.39 is 0 Å². The maximum absolute atomic E-state index is 5.50. The SMILES string of the molecule is Nc1cn(CCc2ccccn2)cn1. The number of rotatable bonds is 3. The van der Waals surface area contributed by atoms with Gasteiger partial charge < -0.3 is 10.3 Å². The Morgan fingerprint density at radius 1 is 1.29 bits per heavy atom. The fourth-order valence-electron chi connectivity index (χ4n) is 1.29. The van der Waals surface area contributed by atoms with Crippen molar-refractivity contribution in [3.8, 4) is 0 Å². The summed E-state index contributed by atoms with van der Waals surface area (Å²) < 4.78 is 1.96. The first-order valence-electron chi connectivity index (χ1n) is 4.52. The monoisotopic (exact) mass is 188 g/mol. The standard InChI is InChI=1S/C10H12N4/c11-10-7-14(8-13-10)6-4-9-3-1-2-5-12-9/h1-3,5,7-8H,4,6,11H2.